The molecule has 0 amide bonds. The van der Waals surface area contributed by atoms with E-state index in [2.05, 4.69) is 27.6 Å². The lowest BCUT2D eigenvalue weighted by Crippen LogP contribution is -2.41. The van der Waals surface area contributed by atoms with Crippen molar-refractivity contribution < 1.29 is 9.47 Å². The Morgan fingerprint density at radius 2 is 1.85 bits per heavy atom. The zero-order valence-electron chi connectivity index (χ0n) is 16.4. The Labute approximate surface area is 174 Å². The number of aliphatic imine (C=N–C) groups is 1. The third-order valence-electron chi connectivity index (χ3n) is 4.82. The van der Waals surface area contributed by atoms with Gasteiger partial charge in [0, 0.05) is 37.9 Å². The van der Waals surface area contributed by atoms with Crippen LogP contribution in [0.25, 0.3) is 0 Å². The number of likely N-dealkylation sites (N-methyl/N-ethyl adjacent to an activating group) is 1. The molecule has 1 aromatic rings. The van der Waals surface area contributed by atoms with E-state index in [9.17, 15) is 0 Å². The average molecular weight is 476 g/mol. The first-order chi connectivity index (χ1) is 12.2. The monoisotopic (exact) mass is 476 g/mol. The molecule has 0 radical (unpaired) electrons. The Morgan fingerprint density at radius 3 is 2.46 bits per heavy atom. The molecule has 0 bridgehead atoms. The number of anilines is 1. The van der Waals surface area contributed by atoms with Crippen molar-refractivity contribution >= 4 is 35.6 Å². The fourth-order valence-corrected chi connectivity index (χ4v) is 3.28. The lowest BCUT2D eigenvalue weighted by atomic mass is 9.94. The van der Waals surface area contributed by atoms with Crippen LogP contribution in [-0.2, 0) is 0 Å². The molecular weight excluding hydrogens is 443 g/mol. The Hall–Kier alpha value is -1.22. The Balaban J connectivity index is 0.00000338. The van der Waals surface area contributed by atoms with Crippen LogP contribution in [0, 0.1) is 0 Å². The summed E-state index contributed by atoms with van der Waals surface area (Å²) in [5.41, 5.74) is 0.909. The maximum Gasteiger partial charge on any atom is 0.195 e. The molecule has 1 aromatic carbocycles. The zero-order valence-corrected chi connectivity index (χ0v) is 18.7. The van der Waals surface area contributed by atoms with Gasteiger partial charge in [-0.15, -0.1) is 24.0 Å². The second-order valence-electron chi connectivity index (χ2n) is 6.47. The van der Waals surface area contributed by atoms with Crippen molar-refractivity contribution in [1.29, 1.82) is 0 Å². The van der Waals surface area contributed by atoms with Gasteiger partial charge < -0.3 is 25.0 Å². The maximum atomic E-state index is 5.34. The number of ether oxygens (including phenoxy) is 2. The van der Waals surface area contributed by atoms with Gasteiger partial charge in [0.2, 0.25) is 0 Å². The molecule has 2 rings (SSSR count). The van der Waals surface area contributed by atoms with Crippen molar-refractivity contribution in [3.8, 4) is 11.5 Å². The fraction of sp³-hybridized carbons (Fsp3) is 0.632. The second-order valence-corrected chi connectivity index (χ2v) is 6.47. The van der Waals surface area contributed by atoms with E-state index in [0.717, 1.165) is 30.8 Å². The third kappa shape index (κ3) is 6.83. The molecule has 0 aliphatic heterocycles. The van der Waals surface area contributed by atoms with Crippen molar-refractivity contribution in [3.05, 3.63) is 18.2 Å². The van der Waals surface area contributed by atoms with Crippen molar-refractivity contribution in [2.45, 2.75) is 38.1 Å². The summed E-state index contributed by atoms with van der Waals surface area (Å²) in [5, 5.41) is 6.67. The number of guanidine groups is 1. The molecule has 0 atom stereocenters. The smallest absolute Gasteiger partial charge is 0.195 e. The molecular formula is C19H33IN4O2. The lowest BCUT2D eigenvalue weighted by molar-refractivity contribution is 0.194. The third-order valence-corrected chi connectivity index (χ3v) is 4.82. The summed E-state index contributed by atoms with van der Waals surface area (Å²) in [4.78, 5) is 6.76. The normalized spacial score (nSPS) is 15.3. The van der Waals surface area contributed by atoms with E-state index in [-0.39, 0.29) is 24.0 Å². The molecule has 26 heavy (non-hydrogen) atoms. The number of nitrogens with zero attached hydrogens (tertiary/aromatic N) is 2. The maximum absolute atomic E-state index is 5.34. The highest BCUT2D eigenvalue weighted by Gasteiger charge is 2.17. The molecule has 0 unspecified atom stereocenters. The Morgan fingerprint density at radius 1 is 1.15 bits per heavy atom. The van der Waals surface area contributed by atoms with Crippen LogP contribution >= 0.6 is 24.0 Å². The quantitative estimate of drug-likeness (QED) is 0.358. The van der Waals surface area contributed by atoms with Gasteiger partial charge in [-0.2, -0.15) is 0 Å². The van der Waals surface area contributed by atoms with Gasteiger partial charge in [-0.25, -0.2) is 0 Å². The number of rotatable bonds is 7. The van der Waals surface area contributed by atoms with Crippen LogP contribution in [0.1, 0.15) is 32.1 Å². The molecule has 1 saturated carbocycles. The minimum Gasteiger partial charge on any atom is -0.493 e. The molecule has 0 heterocycles. The SMILES string of the molecule is CN=C(NCCN(C)C1CCCCC1)Nc1ccc(OC)c(OC)c1.I. The molecule has 1 aliphatic rings. The number of hydrogen-bond donors (Lipinski definition) is 2. The molecule has 1 fully saturated rings. The van der Waals surface area contributed by atoms with Crippen molar-refractivity contribution in [1.82, 2.24) is 10.2 Å². The van der Waals surface area contributed by atoms with E-state index in [1.807, 2.05) is 18.2 Å². The summed E-state index contributed by atoms with van der Waals surface area (Å²) in [6, 6.07) is 6.46. The number of nitrogens with one attached hydrogen (secondary N) is 2. The molecule has 2 N–H and O–H groups in total. The number of methoxy groups -OCH3 is 2. The van der Waals surface area contributed by atoms with Crippen LogP contribution < -0.4 is 20.1 Å². The fourth-order valence-electron chi connectivity index (χ4n) is 3.28. The van der Waals surface area contributed by atoms with E-state index in [0.29, 0.717) is 11.5 Å². The van der Waals surface area contributed by atoms with E-state index >= 15 is 0 Å². The summed E-state index contributed by atoms with van der Waals surface area (Å²) in [6.07, 6.45) is 6.78. The molecule has 148 valence electrons. The Kier molecular flexibility index (Phi) is 10.7. The first-order valence-corrected chi connectivity index (χ1v) is 9.08. The molecule has 0 saturated heterocycles. The minimum atomic E-state index is 0. The van der Waals surface area contributed by atoms with E-state index in [1.165, 1.54) is 32.1 Å². The highest BCUT2D eigenvalue weighted by Crippen LogP contribution is 2.29. The average Bonchev–Trinajstić information content (AvgIpc) is 2.67. The van der Waals surface area contributed by atoms with Gasteiger partial charge in [-0.3, -0.25) is 4.99 Å². The van der Waals surface area contributed by atoms with Gasteiger partial charge >= 0.3 is 0 Å². The van der Waals surface area contributed by atoms with Crippen LogP contribution in [0.4, 0.5) is 5.69 Å². The van der Waals surface area contributed by atoms with Crippen LogP contribution in [-0.4, -0.2) is 58.3 Å². The van der Waals surface area contributed by atoms with Crippen molar-refractivity contribution in [2.75, 3.05) is 46.7 Å². The first-order valence-electron chi connectivity index (χ1n) is 9.08. The highest BCUT2D eigenvalue weighted by atomic mass is 127. The van der Waals surface area contributed by atoms with Gasteiger partial charge in [0.05, 0.1) is 14.2 Å². The number of halogens is 1. The number of hydrogen-bond acceptors (Lipinski definition) is 4. The van der Waals surface area contributed by atoms with E-state index < -0.39 is 0 Å². The summed E-state index contributed by atoms with van der Waals surface area (Å²) in [7, 11) is 7.27. The van der Waals surface area contributed by atoms with Gasteiger partial charge in [-0.05, 0) is 32.0 Å². The van der Waals surface area contributed by atoms with E-state index in [1.54, 1.807) is 21.3 Å². The molecule has 6 nitrogen and oxygen atoms in total. The van der Waals surface area contributed by atoms with Crippen LogP contribution in [0.15, 0.2) is 23.2 Å². The summed E-state index contributed by atoms with van der Waals surface area (Å²) in [5.74, 6) is 2.16. The summed E-state index contributed by atoms with van der Waals surface area (Å²) >= 11 is 0. The van der Waals surface area contributed by atoms with Gasteiger partial charge in [0.1, 0.15) is 0 Å². The Bertz CT molecular complexity index is 562. The van der Waals surface area contributed by atoms with Crippen LogP contribution in [0.2, 0.25) is 0 Å². The minimum absolute atomic E-state index is 0. The summed E-state index contributed by atoms with van der Waals surface area (Å²) in [6.45, 7) is 1.87. The van der Waals surface area contributed by atoms with E-state index in [4.69, 9.17) is 9.47 Å². The topological polar surface area (TPSA) is 58.1 Å². The van der Waals surface area contributed by atoms with Crippen molar-refractivity contribution in [3.63, 3.8) is 0 Å². The first kappa shape index (κ1) is 22.8. The molecule has 0 aromatic heterocycles. The molecule has 1 aliphatic carbocycles. The van der Waals surface area contributed by atoms with Gasteiger partial charge in [0.25, 0.3) is 0 Å². The standard InChI is InChI=1S/C19H32N4O2.HI/c1-20-19(21-12-13-23(2)16-8-6-5-7-9-16)22-15-10-11-17(24-3)18(14-15)25-4;/h10-11,14,16H,5-9,12-13H2,1-4H3,(H2,20,21,22);1H. The largest absolute Gasteiger partial charge is 0.493 e. The van der Waals surface area contributed by atoms with Gasteiger partial charge in [-0.1, -0.05) is 19.3 Å². The van der Waals surface area contributed by atoms with Gasteiger partial charge in [0.15, 0.2) is 17.5 Å². The lowest BCUT2D eigenvalue weighted by Gasteiger charge is -2.31. The summed E-state index contributed by atoms with van der Waals surface area (Å²) < 4.78 is 10.6. The number of benzene rings is 1. The second kappa shape index (κ2) is 12.2. The zero-order chi connectivity index (χ0) is 18.1. The highest BCUT2D eigenvalue weighted by molar-refractivity contribution is 14.0. The van der Waals surface area contributed by atoms with Crippen LogP contribution in [0.3, 0.4) is 0 Å². The predicted octanol–water partition coefficient (Wildman–Crippen LogP) is 3.57. The molecule has 0 spiro atoms. The predicted molar refractivity (Wildman–Crippen MR) is 119 cm³/mol. The van der Waals surface area contributed by atoms with Crippen molar-refractivity contribution in [2.24, 2.45) is 4.99 Å². The molecule has 7 heteroatoms. The van der Waals surface area contributed by atoms with Crippen LogP contribution in [0.5, 0.6) is 11.5 Å².